The zero-order valence-corrected chi connectivity index (χ0v) is 11.9. The van der Waals surface area contributed by atoms with Crippen LogP contribution in [0.25, 0.3) is 11.1 Å². The van der Waals surface area contributed by atoms with Gasteiger partial charge >= 0.3 is 5.97 Å². The van der Waals surface area contributed by atoms with E-state index in [9.17, 15) is 4.79 Å². The maximum Gasteiger partial charge on any atom is 0.335 e. The van der Waals surface area contributed by atoms with E-state index in [0.29, 0.717) is 5.69 Å². The van der Waals surface area contributed by atoms with Gasteiger partial charge in [0.05, 0.1) is 11.3 Å². The van der Waals surface area contributed by atoms with Crippen LogP contribution in [0.4, 0.5) is 5.69 Å². The molecule has 0 aliphatic rings. The molecule has 7 heteroatoms. The van der Waals surface area contributed by atoms with Crippen molar-refractivity contribution in [3.8, 4) is 17.2 Å². The SMILES string of the molecule is N#C/C(=N\Nc1cccc(-c2ccc(C(=O)O)cc2)c1)C(=N)N. The van der Waals surface area contributed by atoms with Crippen molar-refractivity contribution in [2.24, 2.45) is 10.8 Å². The number of benzene rings is 2. The van der Waals surface area contributed by atoms with Gasteiger partial charge in [0.2, 0.25) is 5.71 Å². The Morgan fingerprint density at radius 1 is 1.22 bits per heavy atom. The Kier molecular flexibility index (Phi) is 4.69. The van der Waals surface area contributed by atoms with Crippen LogP contribution in [-0.2, 0) is 0 Å². The van der Waals surface area contributed by atoms with Crippen molar-refractivity contribution in [1.82, 2.24) is 0 Å². The van der Waals surface area contributed by atoms with Crippen molar-refractivity contribution in [2.75, 3.05) is 5.43 Å². The van der Waals surface area contributed by atoms with Crippen LogP contribution in [0.5, 0.6) is 0 Å². The van der Waals surface area contributed by atoms with Crippen LogP contribution < -0.4 is 11.2 Å². The molecule has 2 rings (SSSR count). The van der Waals surface area contributed by atoms with E-state index < -0.39 is 11.8 Å². The molecule has 2 aromatic rings. The summed E-state index contributed by atoms with van der Waals surface area (Å²) in [6, 6.07) is 15.4. The van der Waals surface area contributed by atoms with Crippen molar-refractivity contribution in [3.05, 3.63) is 54.1 Å². The quantitative estimate of drug-likeness (QED) is 0.382. The topological polar surface area (TPSA) is 135 Å². The number of hydrogen-bond acceptors (Lipinski definition) is 5. The first-order chi connectivity index (χ1) is 11.0. The Morgan fingerprint density at radius 2 is 1.91 bits per heavy atom. The fourth-order valence-electron chi connectivity index (χ4n) is 1.84. The number of rotatable bonds is 5. The highest BCUT2D eigenvalue weighted by atomic mass is 16.4. The van der Waals surface area contributed by atoms with Crippen molar-refractivity contribution in [2.45, 2.75) is 0 Å². The lowest BCUT2D eigenvalue weighted by atomic mass is 10.0. The summed E-state index contributed by atoms with van der Waals surface area (Å²) < 4.78 is 0. The van der Waals surface area contributed by atoms with E-state index in [1.807, 2.05) is 6.07 Å². The monoisotopic (exact) mass is 307 g/mol. The summed E-state index contributed by atoms with van der Waals surface area (Å²) in [6.45, 7) is 0. The molecule has 0 bridgehead atoms. The number of anilines is 1. The molecule has 0 spiro atoms. The summed E-state index contributed by atoms with van der Waals surface area (Å²) in [7, 11) is 0. The number of hydrogen-bond donors (Lipinski definition) is 4. The molecule has 7 nitrogen and oxygen atoms in total. The van der Waals surface area contributed by atoms with Crippen LogP contribution in [0.2, 0.25) is 0 Å². The van der Waals surface area contributed by atoms with E-state index in [-0.39, 0.29) is 11.3 Å². The van der Waals surface area contributed by atoms with Crippen molar-refractivity contribution in [3.63, 3.8) is 0 Å². The fourth-order valence-corrected chi connectivity index (χ4v) is 1.84. The summed E-state index contributed by atoms with van der Waals surface area (Å²) in [6.07, 6.45) is 0. The van der Waals surface area contributed by atoms with Gasteiger partial charge in [-0.2, -0.15) is 10.4 Å². The van der Waals surface area contributed by atoms with Gasteiger partial charge in [-0.1, -0.05) is 24.3 Å². The standard InChI is InChI=1S/C16H13N5O2/c17-9-14(15(18)19)21-20-13-3-1-2-12(8-13)10-4-6-11(7-5-10)16(22)23/h1-8,20H,(H3,18,19)(H,22,23)/b21-14+. The van der Waals surface area contributed by atoms with Crippen molar-refractivity contribution in [1.29, 1.82) is 10.7 Å². The lowest BCUT2D eigenvalue weighted by Crippen LogP contribution is -2.21. The summed E-state index contributed by atoms with van der Waals surface area (Å²) >= 11 is 0. The number of amidine groups is 1. The van der Waals surface area contributed by atoms with E-state index >= 15 is 0 Å². The lowest BCUT2D eigenvalue weighted by molar-refractivity contribution is 0.0697. The zero-order valence-electron chi connectivity index (χ0n) is 11.9. The van der Waals surface area contributed by atoms with Crippen LogP contribution >= 0.6 is 0 Å². The molecule has 0 heterocycles. The van der Waals surface area contributed by atoms with E-state index in [1.165, 1.54) is 12.1 Å². The second kappa shape index (κ2) is 6.87. The number of nitriles is 1. The van der Waals surface area contributed by atoms with Crippen LogP contribution in [0.1, 0.15) is 10.4 Å². The Balaban J connectivity index is 2.25. The summed E-state index contributed by atoms with van der Waals surface area (Å²) in [5, 5.41) is 28.6. The van der Waals surface area contributed by atoms with Crippen LogP contribution in [0.15, 0.2) is 53.6 Å². The first kappa shape index (κ1) is 15.7. The average Bonchev–Trinajstić information content (AvgIpc) is 2.55. The highest BCUT2D eigenvalue weighted by molar-refractivity contribution is 6.45. The Morgan fingerprint density at radius 3 is 2.48 bits per heavy atom. The third kappa shape index (κ3) is 3.92. The minimum Gasteiger partial charge on any atom is -0.478 e. The average molecular weight is 307 g/mol. The maximum absolute atomic E-state index is 10.9. The Bertz CT molecular complexity index is 819. The second-order valence-electron chi connectivity index (χ2n) is 4.56. The van der Waals surface area contributed by atoms with Gasteiger partial charge in [0.1, 0.15) is 6.07 Å². The first-order valence-electron chi connectivity index (χ1n) is 6.53. The van der Waals surface area contributed by atoms with Gasteiger partial charge < -0.3 is 10.8 Å². The number of carboxylic acid groups (broad SMARTS) is 1. The van der Waals surface area contributed by atoms with E-state index in [0.717, 1.165) is 11.1 Å². The molecule has 0 aliphatic heterocycles. The largest absolute Gasteiger partial charge is 0.478 e. The molecule has 0 aliphatic carbocycles. The van der Waals surface area contributed by atoms with Crippen molar-refractivity contribution < 1.29 is 9.90 Å². The van der Waals surface area contributed by atoms with Gasteiger partial charge in [-0.05, 0) is 35.4 Å². The maximum atomic E-state index is 10.9. The minimum atomic E-state index is -0.977. The second-order valence-corrected chi connectivity index (χ2v) is 4.56. The number of nitrogens with one attached hydrogen (secondary N) is 2. The van der Waals surface area contributed by atoms with E-state index in [4.69, 9.17) is 21.5 Å². The Labute approximate surface area is 132 Å². The van der Waals surface area contributed by atoms with E-state index in [2.05, 4.69) is 10.5 Å². The molecule has 0 aromatic heterocycles. The molecule has 0 unspecified atom stereocenters. The van der Waals surface area contributed by atoms with Crippen LogP contribution in [0, 0.1) is 16.7 Å². The van der Waals surface area contributed by atoms with Crippen LogP contribution in [-0.4, -0.2) is 22.6 Å². The molecule has 5 N–H and O–H groups in total. The molecule has 0 radical (unpaired) electrons. The molecule has 2 aromatic carbocycles. The number of carboxylic acids is 1. The predicted molar refractivity (Wildman–Crippen MR) is 87.4 cm³/mol. The van der Waals surface area contributed by atoms with Gasteiger partial charge in [-0.25, -0.2) is 4.79 Å². The highest BCUT2D eigenvalue weighted by Crippen LogP contribution is 2.23. The zero-order chi connectivity index (χ0) is 16.8. The molecular weight excluding hydrogens is 294 g/mol. The van der Waals surface area contributed by atoms with Gasteiger partial charge in [0, 0.05) is 0 Å². The first-order valence-corrected chi connectivity index (χ1v) is 6.53. The number of nitrogens with zero attached hydrogens (tertiary/aromatic N) is 2. The molecule has 0 atom stereocenters. The normalized spacial score (nSPS) is 10.7. The lowest BCUT2D eigenvalue weighted by Gasteiger charge is -2.06. The predicted octanol–water partition coefficient (Wildman–Crippen LogP) is 2.28. The molecule has 0 saturated heterocycles. The van der Waals surface area contributed by atoms with Gasteiger partial charge in [0.25, 0.3) is 0 Å². The van der Waals surface area contributed by atoms with Crippen LogP contribution in [0.3, 0.4) is 0 Å². The van der Waals surface area contributed by atoms with Gasteiger partial charge in [-0.15, -0.1) is 0 Å². The number of aromatic carboxylic acids is 1. The molecular formula is C16H13N5O2. The number of nitrogens with two attached hydrogens (primary N) is 1. The minimum absolute atomic E-state index is 0.207. The van der Waals surface area contributed by atoms with Crippen molar-refractivity contribution >= 4 is 23.2 Å². The molecule has 114 valence electrons. The number of carbonyl (C=O) groups is 1. The smallest absolute Gasteiger partial charge is 0.335 e. The highest BCUT2D eigenvalue weighted by Gasteiger charge is 2.04. The molecule has 0 fully saturated rings. The van der Waals surface area contributed by atoms with Gasteiger partial charge in [-0.3, -0.25) is 10.8 Å². The molecule has 0 saturated carbocycles. The van der Waals surface area contributed by atoms with Gasteiger partial charge in [0.15, 0.2) is 5.84 Å². The fraction of sp³-hybridized carbons (Fsp3) is 0. The number of hydrazone groups is 1. The third-order valence-electron chi connectivity index (χ3n) is 2.99. The molecule has 0 amide bonds. The summed E-state index contributed by atoms with van der Waals surface area (Å²) in [5.74, 6) is -1.39. The third-order valence-corrected chi connectivity index (χ3v) is 2.99. The molecule has 23 heavy (non-hydrogen) atoms. The van der Waals surface area contributed by atoms with E-state index in [1.54, 1.807) is 36.4 Å². The summed E-state index contributed by atoms with van der Waals surface area (Å²) in [5.41, 5.74) is 10.2. The summed E-state index contributed by atoms with van der Waals surface area (Å²) in [4.78, 5) is 10.9. The Hall–Kier alpha value is -3.66.